The maximum atomic E-state index is 6.74. The van der Waals surface area contributed by atoms with E-state index in [9.17, 15) is 0 Å². The van der Waals surface area contributed by atoms with Gasteiger partial charge < -0.3 is 18.4 Å². The van der Waals surface area contributed by atoms with Crippen molar-refractivity contribution in [2.24, 2.45) is 0 Å². The fourth-order valence-electron chi connectivity index (χ4n) is 9.39. The first kappa shape index (κ1) is 39.5. The Morgan fingerprint density at radius 2 is 1.21 bits per heavy atom. The Hall–Kier alpha value is -6.59. The third kappa shape index (κ3) is 6.07. The van der Waals surface area contributed by atoms with Crippen molar-refractivity contribution in [3.05, 3.63) is 180 Å². The van der Waals surface area contributed by atoms with Gasteiger partial charge in [0, 0.05) is 58.9 Å². The van der Waals surface area contributed by atoms with E-state index in [1.54, 1.807) is 0 Å². The summed E-state index contributed by atoms with van der Waals surface area (Å²) in [5.41, 5.74) is 16.7. The second kappa shape index (κ2) is 15.4. The summed E-state index contributed by atoms with van der Waals surface area (Å²) in [6.45, 7) is 13.2. The summed E-state index contributed by atoms with van der Waals surface area (Å²) >= 11 is 0. The summed E-state index contributed by atoms with van der Waals surface area (Å²) < 4.78 is 11.5. The Balaban J connectivity index is 0.000000150. The number of fused-ring (bicyclic) bond motifs is 11. The number of hydrogen-bond acceptors (Lipinski definition) is 3. The van der Waals surface area contributed by atoms with Crippen LogP contribution >= 0.6 is 0 Å². The van der Waals surface area contributed by atoms with Crippen LogP contribution in [0.25, 0.3) is 99.4 Å². The van der Waals surface area contributed by atoms with Crippen molar-refractivity contribution in [3.63, 3.8) is 0 Å². The Morgan fingerprint density at radius 1 is 0.565 bits per heavy atom. The smallest absolute Gasteiger partial charge is 0.145 e. The van der Waals surface area contributed by atoms with E-state index >= 15 is 0 Å². The first-order valence-electron chi connectivity index (χ1n) is 21.2. The van der Waals surface area contributed by atoms with Crippen LogP contribution in [0.3, 0.4) is 0 Å². The van der Waals surface area contributed by atoms with Crippen LogP contribution in [0.15, 0.2) is 150 Å². The molecule has 12 rings (SSSR count). The molecular formula is C56H44IrN4O-2. The molecule has 0 bridgehead atoms. The Labute approximate surface area is 374 Å². The molecular weight excluding hydrogens is 937 g/mol. The van der Waals surface area contributed by atoms with Gasteiger partial charge in [-0.15, -0.1) is 54.1 Å². The number of rotatable bonds is 5. The third-order valence-corrected chi connectivity index (χ3v) is 12.5. The van der Waals surface area contributed by atoms with E-state index in [-0.39, 0.29) is 20.1 Å². The Bertz CT molecular complexity index is 3600. The number of benzene rings is 7. The van der Waals surface area contributed by atoms with Gasteiger partial charge in [0.2, 0.25) is 0 Å². The molecule has 0 N–H and O–H groups in total. The zero-order valence-corrected chi connectivity index (χ0v) is 37.9. The molecule has 0 saturated carbocycles. The van der Waals surface area contributed by atoms with E-state index in [4.69, 9.17) is 14.4 Å². The number of pyridine rings is 1. The summed E-state index contributed by atoms with van der Waals surface area (Å²) in [5, 5.41) is 7.23. The molecule has 0 aliphatic heterocycles. The molecule has 0 aliphatic rings. The van der Waals surface area contributed by atoms with Gasteiger partial charge in [0.05, 0.1) is 39.0 Å². The van der Waals surface area contributed by atoms with Gasteiger partial charge in [-0.3, -0.25) is 4.98 Å². The van der Waals surface area contributed by atoms with Crippen molar-refractivity contribution in [1.82, 2.24) is 18.9 Å². The number of imidazole rings is 1. The van der Waals surface area contributed by atoms with Crippen molar-refractivity contribution >= 4 is 71.1 Å². The molecule has 5 heterocycles. The summed E-state index contributed by atoms with van der Waals surface area (Å²) in [5.74, 6) is 1.80. The maximum absolute atomic E-state index is 6.74. The molecule has 0 aliphatic carbocycles. The molecule has 0 saturated heterocycles. The minimum Gasteiger partial charge on any atom is -0.498 e. The second-order valence-electron chi connectivity index (χ2n) is 16.9. The van der Waals surface area contributed by atoms with E-state index in [0.29, 0.717) is 11.8 Å². The number of nitrogens with zero attached hydrogens (tertiary/aromatic N) is 4. The van der Waals surface area contributed by atoms with E-state index in [1.807, 2.05) is 30.5 Å². The van der Waals surface area contributed by atoms with Crippen LogP contribution in [0.1, 0.15) is 61.8 Å². The minimum atomic E-state index is 0. The van der Waals surface area contributed by atoms with Crippen LogP contribution in [-0.2, 0) is 20.1 Å². The van der Waals surface area contributed by atoms with Crippen molar-refractivity contribution in [3.8, 4) is 28.3 Å². The van der Waals surface area contributed by atoms with Crippen molar-refractivity contribution in [2.75, 3.05) is 0 Å². The van der Waals surface area contributed by atoms with E-state index in [1.165, 1.54) is 60.5 Å². The molecule has 5 aromatic heterocycles. The SMILES string of the molecule is CC(C)c1cccc(C(C)C)c1-n1c(-c2[c-]cccc2)nc2ccccc21.Cc1cnc(-c2[c-]ccc3c2oc2c3ccc3c4cccc5c6ccccc6n(c54)c32)cc1C.[Ir]. The van der Waals surface area contributed by atoms with Crippen LogP contribution in [0, 0.1) is 26.0 Å². The van der Waals surface area contributed by atoms with Gasteiger partial charge in [0.15, 0.2) is 0 Å². The van der Waals surface area contributed by atoms with Gasteiger partial charge in [-0.25, -0.2) is 0 Å². The fraction of sp³-hybridized carbons (Fsp3) is 0.143. The summed E-state index contributed by atoms with van der Waals surface area (Å²) in [4.78, 5) is 9.69. The monoisotopic (exact) mass is 981 g/mol. The van der Waals surface area contributed by atoms with Crippen LogP contribution in [0.5, 0.6) is 0 Å². The fourth-order valence-corrected chi connectivity index (χ4v) is 9.39. The molecule has 0 spiro atoms. The molecule has 0 fully saturated rings. The zero-order chi connectivity index (χ0) is 41.5. The molecule has 305 valence electrons. The Morgan fingerprint density at radius 3 is 1.95 bits per heavy atom. The molecule has 62 heavy (non-hydrogen) atoms. The van der Waals surface area contributed by atoms with Crippen molar-refractivity contribution < 1.29 is 24.5 Å². The van der Waals surface area contributed by atoms with Crippen molar-refractivity contribution in [1.29, 1.82) is 0 Å². The van der Waals surface area contributed by atoms with Crippen LogP contribution in [0.2, 0.25) is 0 Å². The molecule has 6 heteroatoms. The molecule has 0 amide bonds. The standard InChI is InChI=1S/C31H19N2O.C25H25N2.Ir/c1-17-15-26(32-16-18(17)2)25-11-6-10-23-24-14-13-22-21-9-5-8-20-19-7-3-4-12-27(19)33(28(20)21)29(22)31(24)34-30(23)25;1-17(2)20-13-10-14-21(18(3)4)24(20)27-23-16-9-8-15-22(23)26-25(27)19-11-6-5-7-12-19;/h3-10,12-16H,1-2H3;5-11,13-18H,1-4H3;/q2*-1;. The third-order valence-electron chi connectivity index (χ3n) is 12.5. The van der Waals surface area contributed by atoms with E-state index in [2.05, 4.69) is 178 Å². The summed E-state index contributed by atoms with van der Waals surface area (Å²) in [6.07, 6.45) is 1.93. The summed E-state index contributed by atoms with van der Waals surface area (Å²) in [7, 11) is 0. The number of hydrogen-bond donors (Lipinski definition) is 0. The average molecular weight is 981 g/mol. The van der Waals surface area contributed by atoms with Gasteiger partial charge in [-0.2, -0.15) is 0 Å². The summed E-state index contributed by atoms with van der Waals surface area (Å²) in [6, 6.07) is 55.8. The van der Waals surface area contributed by atoms with Gasteiger partial charge in [0.25, 0.3) is 0 Å². The first-order valence-corrected chi connectivity index (χ1v) is 21.2. The maximum Gasteiger partial charge on any atom is 0.145 e. The molecule has 5 nitrogen and oxygen atoms in total. The second-order valence-corrected chi connectivity index (χ2v) is 16.9. The van der Waals surface area contributed by atoms with Crippen LogP contribution in [-0.4, -0.2) is 18.9 Å². The number of furan rings is 1. The molecule has 0 unspecified atom stereocenters. The van der Waals surface area contributed by atoms with Gasteiger partial charge in [-0.05, 0) is 66.3 Å². The van der Waals surface area contributed by atoms with Gasteiger partial charge in [-0.1, -0.05) is 129 Å². The zero-order valence-electron chi connectivity index (χ0n) is 35.5. The van der Waals surface area contributed by atoms with Crippen LogP contribution in [0.4, 0.5) is 0 Å². The number of aromatic nitrogens is 4. The topological polar surface area (TPSA) is 48.3 Å². The predicted octanol–water partition coefficient (Wildman–Crippen LogP) is 15.0. The first-order chi connectivity index (χ1) is 29.8. The molecule has 7 aromatic carbocycles. The van der Waals surface area contributed by atoms with E-state index < -0.39 is 0 Å². The van der Waals surface area contributed by atoms with E-state index in [0.717, 1.165) is 61.1 Å². The normalized spacial score (nSPS) is 11.9. The molecule has 0 atom stereocenters. The largest absolute Gasteiger partial charge is 0.498 e. The van der Waals surface area contributed by atoms with Gasteiger partial charge in [0.1, 0.15) is 5.58 Å². The Kier molecular flexibility index (Phi) is 9.82. The predicted molar refractivity (Wildman–Crippen MR) is 253 cm³/mol. The molecule has 12 aromatic rings. The number of aryl methyl sites for hydroxylation is 2. The average Bonchev–Trinajstić information content (AvgIpc) is 4.05. The molecule has 1 radical (unpaired) electrons. The van der Waals surface area contributed by atoms with Gasteiger partial charge >= 0.3 is 0 Å². The quantitative estimate of drug-likeness (QED) is 0.161. The number of para-hydroxylation sites is 5. The van der Waals surface area contributed by atoms with Crippen molar-refractivity contribution in [2.45, 2.75) is 53.4 Å². The van der Waals surface area contributed by atoms with Crippen LogP contribution < -0.4 is 0 Å². The minimum absolute atomic E-state index is 0.